The Hall–Kier alpha value is -1.63. The molecule has 4 atom stereocenters. The summed E-state index contributed by atoms with van der Waals surface area (Å²) in [5, 5.41) is 2.70. The summed E-state index contributed by atoms with van der Waals surface area (Å²) in [5.41, 5.74) is 0.868. The van der Waals surface area contributed by atoms with Crippen molar-refractivity contribution in [3.8, 4) is 0 Å². The van der Waals surface area contributed by atoms with E-state index < -0.39 is 39.4 Å². The predicted molar refractivity (Wildman–Crippen MR) is 133 cm³/mol. The van der Waals surface area contributed by atoms with Gasteiger partial charge < -0.3 is 19.6 Å². The van der Waals surface area contributed by atoms with E-state index in [4.69, 9.17) is 4.43 Å². The Morgan fingerprint density at radius 2 is 1.69 bits per heavy atom. The van der Waals surface area contributed by atoms with Gasteiger partial charge >= 0.3 is 5.97 Å². The van der Waals surface area contributed by atoms with Crippen LogP contribution in [0.4, 0.5) is 0 Å². The van der Waals surface area contributed by atoms with Crippen LogP contribution in [0.1, 0.15) is 25.5 Å². The van der Waals surface area contributed by atoms with Gasteiger partial charge in [0.15, 0.2) is 0 Å². The molecule has 0 aliphatic carbocycles. The van der Waals surface area contributed by atoms with Crippen LogP contribution in [0.3, 0.4) is 0 Å². The van der Waals surface area contributed by atoms with E-state index in [1.807, 2.05) is 63.8 Å². The van der Waals surface area contributed by atoms with Crippen molar-refractivity contribution in [3.05, 3.63) is 35.9 Å². The van der Waals surface area contributed by atoms with Crippen LogP contribution in [0, 0.1) is 0 Å². The van der Waals surface area contributed by atoms with Gasteiger partial charge in [0.25, 0.3) is 0 Å². The van der Waals surface area contributed by atoms with Gasteiger partial charge in [0.05, 0.1) is 0 Å². The van der Waals surface area contributed by atoms with Crippen molar-refractivity contribution in [2.45, 2.75) is 81.4 Å². The fraction of sp³-hybridized carbons (Fsp3) is 0.591. The molecule has 1 aromatic carbocycles. The molecule has 32 heavy (non-hydrogen) atoms. The molecule has 10 heteroatoms. The first-order valence-corrected chi connectivity index (χ1v) is 18.8. The first-order valence-electron chi connectivity index (χ1n) is 11.0. The maximum Gasteiger partial charge on any atom is 0.317 e. The number of rotatable bonds is 7. The summed E-state index contributed by atoms with van der Waals surface area (Å²) >= 11 is 1.55. The third kappa shape index (κ3) is 5.29. The smallest absolute Gasteiger partial charge is 0.317 e. The summed E-state index contributed by atoms with van der Waals surface area (Å²) in [6.45, 7) is 16.2. The van der Waals surface area contributed by atoms with E-state index in [1.54, 1.807) is 16.7 Å². The molecule has 0 spiro atoms. The van der Waals surface area contributed by atoms with E-state index in [0.717, 1.165) is 5.56 Å². The number of carbonyl (C=O) groups is 3. The molecule has 2 heterocycles. The number of nitrogens with zero attached hydrogens (tertiary/aromatic N) is 1. The Morgan fingerprint density at radius 1 is 1.09 bits per heavy atom. The fourth-order valence-corrected chi connectivity index (χ4v) is 7.60. The normalized spacial score (nSPS) is 25.6. The first kappa shape index (κ1) is 25.0. The number of benzene rings is 1. The lowest BCUT2D eigenvalue weighted by atomic mass is 9.95. The molecule has 2 saturated heterocycles. The molecule has 7 nitrogen and oxygen atoms in total. The second-order valence-corrected chi connectivity index (χ2v) is 22.0. The van der Waals surface area contributed by atoms with Gasteiger partial charge in [-0.2, -0.15) is 0 Å². The monoisotopic (exact) mass is 493 g/mol. The second kappa shape index (κ2) is 8.62. The number of fused-ring (bicyclic) bond motifs is 1. The Morgan fingerprint density at radius 3 is 2.22 bits per heavy atom. The zero-order valence-electron chi connectivity index (χ0n) is 20.2. The molecule has 2 amide bonds. The van der Waals surface area contributed by atoms with E-state index in [-0.39, 0.29) is 23.2 Å². The first-order chi connectivity index (χ1) is 14.6. The number of hydrogen-bond acceptors (Lipinski definition) is 6. The van der Waals surface area contributed by atoms with Gasteiger partial charge in [-0.05, 0) is 39.1 Å². The van der Waals surface area contributed by atoms with Crippen molar-refractivity contribution < 1.29 is 18.8 Å². The van der Waals surface area contributed by atoms with Gasteiger partial charge in [-0.3, -0.25) is 14.4 Å². The molecular weight excluding hydrogens is 458 g/mol. The molecule has 1 unspecified atom stereocenters. The third-order valence-electron chi connectivity index (χ3n) is 5.34. The van der Waals surface area contributed by atoms with Crippen molar-refractivity contribution in [2.24, 2.45) is 0 Å². The predicted octanol–water partition coefficient (Wildman–Crippen LogP) is 3.08. The highest BCUT2D eigenvalue weighted by Crippen LogP contribution is 2.51. The van der Waals surface area contributed by atoms with Gasteiger partial charge in [0.1, 0.15) is 31.7 Å². The molecule has 2 aliphatic rings. The lowest BCUT2D eigenvalue weighted by Gasteiger charge is -2.44. The van der Waals surface area contributed by atoms with Crippen LogP contribution in [0.5, 0.6) is 0 Å². The number of hydrogen-bond donors (Lipinski definition) is 2. The molecule has 0 radical (unpaired) electrons. The average Bonchev–Trinajstić information content (AvgIpc) is 2.90. The van der Waals surface area contributed by atoms with Crippen LogP contribution < -0.4 is 10.3 Å². The zero-order chi connectivity index (χ0) is 24.1. The van der Waals surface area contributed by atoms with Crippen LogP contribution in [0.2, 0.25) is 39.3 Å². The van der Waals surface area contributed by atoms with Crippen molar-refractivity contribution in [3.63, 3.8) is 0 Å². The van der Waals surface area contributed by atoms with Gasteiger partial charge in [-0.15, -0.1) is 11.8 Å². The number of amides is 2. The van der Waals surface area contributed by atoms with E-state index in [2.05, 4.69) is 29.9 Å². The van der Waals surface area contributed by atoms with E-state index >= 15 is 0 Å². The minimum Gasteiger partial charge on any atom is -0.518 e. The van der Waals surface area contributed by atoms with Crippen LogP contribution in [-0.2, 0) is 18.8 Å². The molecule has 0 aromatic heterocycles. The maximum absolute atomic E-state index is 13.3. The lowest BCUT2D eigenvalue weighted by molar-refractivity contribution is -0.160. The Kier molecular flexibility index (Phi) is 6.74. The van der Waals surface area contributed by atoms with E-state index in [1.165, 1.54) is 0 Å². The van der Waals surface area contributed by atoms with Crippen LogP contribution in [0.25, 0.3) is 0 Å². The third-order valence-corrected chi connectivity index (χ3v) is 8.88. The van der Waals surface area contributed by atoms with Crippen LogP contribution in [0.15, 0.2) is 30.3 Å². The summed E-state index contributed by atoms with van der Waals surface area (Å²) < 4.78 is 5.23. The number of carbonyl (C=O) groups excluding carboxylic acids is 3. The topological polar surface area (TPSA) is 87.7 Å². The van der Waals surface area contributed by atoms with Gasteiger partial charge in [-0.25, -0.2) is 0 Å². The zero-order valence-corrected chi connectivity index (χ0v) is 23.0. The van der Waals surface area contributed by atoms with Crippen molar-refractivity contribution >= 4 is 46.1 Å². The maximum atomic E-state index is 13.3. The van der Waals surface area contributed by atoms with E-state index in [0.29, 0.717) is 0 Å². The molecule has 2 aliphatic heterocycles. The second-order valence-electron chi connectivity index (χ2n) is 11.0. The number of nitrogens with one attached hydrogen (secondary N) is 2. The van der Waals surface area contributed by atoms with Crippen LogP contribution in [-0.4, -0.2) is 61.4 Å². The Bertz CT molecular complexity index is 899. The quantitative estimate of drug-likeness (QED) is 0.448. The van der Waals surface area contributed by atoms with Gasteiger partial charge in [0.2, 0.25) is 20.1 Å². The van der Waals surface area contributed by atoms with Crippen molar-refractivity contribution in [1.82, 2.24) is 15.2 Å². The largest absolute Gasteiger partial charge is 0.518 e. The summed E-state index contributed by atoms with van der Waals surface area (Å²) in [6.07, 6.45) is 0. The highest BCUT2D eigenvalue weighted by atomic mass is 32.2. The van der Waals surface area contributed by atoms with Crippen molar-refractivity contribution in [2.75, 3.05) is 0 Å². The van der Waals surface area contributed by atoms with Crippen molar-refractivity contribution in [1.29, 1.82) is 0 Å². The summed E-state index contributed by atoms with van der Waals surface area (Å²) in [7, 11) is -3.88. The minimum absolute atomic E-state index is 0.219. The molecule has 0 saturated carbocycles. The minimum atomic E-state index is -2.09. The highest BCUT2D eigenvalue weighted by Gasteiger charge is 2.64. The fourth-order valence-electron chi connectivity index (χ4n) is 4.10. The Balaban J connectivity index is 1.77. The summed E-state index contributed by atoms with van der Waals surface area (Å²) in [6, 6.07) is 7.74. The number of β-lactam (4-membered cyclic amide) rings is 1. The highest BCUT2D eigenvalue weighted by molar-refractivity contribution is 8.01. The molecule has 2 N–H and O–H groups in total. The Labute approximate surface area is 197 Å². The molecule has 1 aromatic rings. The molecule has 176 valence electrons. The lowest BCUT2D eigenvalue weighted by Crippen LogP contribution is -2.71. The number of thioether (sulfide) groups is 1. The molecular formula is C22H35N3O4SSi2. The summed E-state index contributed by atoms with van der Waals surface area (Å²) in [5.74, 6) is -0.785. The van der Waals surface area contributed by atoms with Gasteiger partial charge in [0, 0.05) is 4.75 Å². The van der Waals surface area contributed by atoms with Crippen LogP contribution >= 0.6 is 11.8 Å². The van der Waals surface area contributed by atoms with E-state index in [9.17, 15) is 14.4 Å². The molecule has 2 fully saturated rings. The summed E-state index contributed by atoms with van der Waals surface area (Å²) in [4.78, 5) is 44.4. The van der Waals surface area contributed by atoms with Gasteiger partial charge in [-0.1, -0.05) is 50.0 Å². The standard InChI is InChI=1S/C22H35N3O4SSi2/c1-22(2)17(21(28)29-32(6,7)8)25-19(27)16(20(25)30-22)23-18(26)15(24-31(3,4)5)14-12-10-9-11-13-14/h9-13,15-17,20,24H,1-8H3,(H,23,26)/t15?,16-,17+,20-/m1/s1. The SMILES string of the molecule is CC1(C)S[C@@H]2[C@H](NC(=O)C(N[Si](C)(C)C)c3ccccc3)C(=O)N2[C@H]1C(=O)O[Si](C)(C)C. The molecule has 3 rings (SSSR count). The molecule has 0 bridgehead atoms. The average molecular weight is 494 g/mol.